The molecular weight excluding hydrogens is 302 g/mol. The fourth-order valence-corrected chi connectivity index (χ4v) is 3.20. The summed E-state index contributed by atoms with van der Waals surface area (Å²) < 4.78 is 0. The van der Waals surface area contributed by atoms with Crippen molar-refractivity contribution in [3.63, 3.8) is 0 Å². The molecule has 3 rings (SSSR count). The van der Waals surface area contributed by atoms with Crippen LogP contribution in [0.15, 0.2) is 12.4 Å². The zero-order chi connectivity index (χ0) is 15.5. The summed E-state index contributed by atoms with van der Waals surface area (Å²) in [5, 5.41) is 12.0. The van der Waals surface area contributed by atoms with Crippen molar-refractivity contribution in [2.45, 2.75) is 19.9 Å². The van der Waals surface area contributed by atoms with Gasteiger partial charge in [-0.05, 0) is 13.5 Å². The van der Waals surface area contributed by atoms with E-state index in [-0.39, 0.29) is 12.1 Å². The van der Waals surface area contributed by atoms with Crippen molar-refractivity contribution >= 4 is 22.5 Å². The second kappa shape index (κ2) is 6.41. The number of nitrogens with one attached hydrogen (secondary N) is 2. The van der Waals surface area contributed by atoms with Gasteiger partial charge in [-0.2, -0.15) is 0 Å². The van der Waals surface area contributed by atoms with Crippen molar-refractivity contribution in [1.29, 1.82) is 0 Å². The number of anilines is 1. The van der Waals surface area contributed by atoms with Crippen molar-refractivity contribution in [3.05, 3.63) is 23.2 Å². The molecule has 118 valence electrons. The SMILES string of the molecule is CCN1CCN(C(=O)Nc2nnc(C)s2)C[C@@H]1c1ncc[nH]1. The summed E-state index contributed by atoms with van der Waals surface area (Å²) in [6.45, 7) is 7.02. The number of likely N-dealkylation sites (N-methyl/N-ethyl adjacent to an activating group) is 1. The summed E-state index contributed by atoms with van der Waals surface area (Å²) in [5.74, 6) is 0.895. The van der Waals surface area contributed by atoms with Gasteiger partial charge in [-0.1, -0.05) is 18.3 Å². The number of rotatable bonds is 3. The molecule has 8 nitrogen and oxygen atoms in total. The molecule has 3 heterocycles. The standard InChI is InChI=1S/C13H19N7OS/c1-3-19-6-7-20(8-10(19)11-14-4-5-15-11)13(21)16-12-18-17-9(2)22-12/h4-5,10H,3,6-8H2,1-2H3,(H,14,15)(H,16,18,21)/t10-/m1/s1. The summed E-state index contributed by atoms with van der Waals surface area (Å²) in [5.41, 5.74) is 0. The zero-order valence-electron chi connectivity index (χ0n) is 12.6. The maximum atomic E-state index is 12.4. The lowest BCUT2D eigenvalue weighted by molar-refractivity contribution is 0.0946. The van der Waals surface area contributed by atoms with Crippen LogP contribution in [0.25, 0.3) is 0 Å². The van der Waals surface area contributed by atoms with Crippen molar-refractivity contribution in [1.82, 2.24) is 30.0 Å². The number of nitrogens with zero attached hydrogens (tertiary/aromatic N) is 5. The van der Waals surface area contributed by atoms with Gasteiger partial charge in [-0.25, -0.2) is 9.78 Å². The lowest BCUT2D eigenvalue weighted by Gasteiger charge is -2.39. The van der Waals surface area contributed by atoms with E-state index in [1.54, 1.807) is 11.1 Å². The lowest BCUT2D eigenvalue weighted by Crippen LogP contribution is -2.51. The number of carbonyl (C=O) groups excluding carboxylic acids is 1. The summed E-state index contributed by atoms with van der Waals surface area (Å²) in [4.78, 5) is 24.0. The quantitative estimate of drug-likeness (QED) is 0.893. The van der Waals surface area contributed by atoms with Gasteiger partial charge in [0.25, 0.3) is 0 Å². The molecule has 1 aliphatic heterocycles. The van der Waals surface area contributed by atoms with Crippen LogP contribution in [-0.4, -0.2) is 62.2 Å². The van der Waals surface area contributed by atoms with Gasteiger partial charge in [-0.3, -0.25) is 10.2 Å². The number of hydrogen-bond acceptors (Lipinski definition) is 6. The predicted molar refractivity (Wildman–Crippen MR) is 83.8 cm³/mol. The van der Waals surface area contributed by atoms with E-state index in [0.29, 0.717) is 18.2 Å². The van der Waals surface area contributed by atoms with Crippen LogP contribution in [0.3, 0.4) is 0 Å². The van der Waals surface area contributed by atoms with Crippen LogP contribution in [0.4, 0.5) is 9.93 Å². The van der Waals surface area contributed by atoms with Gasteiger partial charge in [-0.15, -0.1) is 10.2 Å². The van der Waals surface area contributed by atoms with Crippen molar-refractivity contribution in [3.8, 4) is 0 Å². The maximum Gasteiger partial charge on any atom is 0.323 e. The lowest BCUT2D eigenvalue weighted by atomic mass is 10.1. The third-order valence-corrected chi connectivity index (χ3v) is 4.51. The molecule has 0 radical (unpaired) electrons. The first kappa shape index (κ1) is 14.9. The van der Waals surface area contributed by atoms with Gasteiger partial charge in [0.1, 0.15) is 10.8 Å². The molecule has 1 fully saturated rings. The first-order valence-electron chi connectivity index (χ1n) is 7.26. The Kier molecular flexibility index (Phi) is 4.34. The Morgan fingerprint density at radius 1 is 1.50 bits per heavy atom. The fourth-order valence-electron chi connectivity index (χ4n) is 2.62. The van der Waals surface area contributed by atoms with Crippen LogP contribution in [0.2, 0.25) is 0 Å². The number of piperazine rings is 1. The van der Waals surface area contributed by atoms with Gasteiger partial charge in [0.05, 0.1) is 6.04 Å². The molecule has 2 N–H and O–H groups in total. The van der Waals surface area contributed by atoms with Crippen LogP contribution >= 0.6 is 11.3 Å². The topological polar surface area (TPSA) is 90.0 Å². The molecule has 2 aromatic rings. The van der Waals surface area contributed by atoms with Gasteiger partial charge in [0.2, 0.25) is 5.13 Å². The van der Waals surface area contributed by atoms with Crippen molar-refractivity contribution < 1.29 is 4.79 Å². The molecule has 2 aromatic heterocycles. The summed E-state index contributed by atoms with van der Waals surface area (Å²) in [7, 11) is 0. The average molecular weight is 321 g/mol. The second-order valence-electron chi connectivity index (χ2n) is 5.12. The Labute approximate surface area is 132 Å². The molecule has 0 unspecified atom stereocenters. The summed E-state index contributed by atoms with van der Waals surface area (Å²) in [6.07, 6.45) is 3.55. The Balaban J connectivity index is 1.68. The first-order chi connectivity index (χ1) is 10.7. The van der Waals surface area contributed by atoms with Crippen LogP contribution in [0.5, 0.6) is 0 Å². The highest BCUT2D eigenvalue weighted by Crippen LogP contribution is 2.23. The monoisotopic (exact) mass is 321 g/mol. The smallest absolute Gasteiger partial charge is 0.323 e. The molecule has 1 aliphatic rings. The average Bonchev–Trinajstić information content (AvgIpc) is 3.18. The minimum Gasteiger partial charge on any atom is -0.347 e. The number of amides is 2. The highest BCUT2D eigenvalue weighted by atomic mass is 32.1. The zero-order valence-corrected chi connectivity index (χ0v) is 13.4. The number of aromatic amines is 1. The molecule has 0 aliphatic carbocycles. The normalized spacial score (nSPS) is 19.4. The van der Waals surface area contributed by atoms with Gasteiger partial charge < -0.3 is 9.88 Å². The van der Waals surface area contributed by atoms with Crippen molar-refractivity contribution in [2.75, 3.05) is 31.5 Å². The Hall–Kier alpha value is -2.00. The number of H-pyrrole nitrogens is 1. The molecule has 22 heavy (non-hydrogen) atoms. The van der Waals surface area contributed by atoms with Gasteiger partial charge in [0, 0.05) is 32.0 Å². The highest BCUT2D eigenvalue weighted by Gasteiger charge is 2.31. The van der Waals surface area contributed by atoms with E-state index in [2.05, 4.69) is 37.3 Å². The van der Waals surface area contributed by atoms with E-state index in [1.165, 1.54) is 11.3 Å². The number of carbonyl (C=O) groups is 1. The molecule has 2 amide bonds. The van der Waals surface area contributed by atoms with E-state index in [1.807, 2.05) is 13.1 Å². The molecule has 0 bridgehead atoms. The van der Waals surface area contributed by atoms with Crippen LogP contribution in [-0.2, 0) is 0 Å². The number of imidazole rings is 1. The molecule has 9 heteroatoms. The van der Waals surface area contributed by atoms with Crippen LogP contribution in [0.1, 0.15) is 23.8 Å². The second-order valence-corrected chi connectivity index (χ2v) is 6.30. The van der Waals surface area contributed by atoms with Crippen molar-refractivity contribution in [2.24, 2.45) is 0 Å². The number of urea groups is 1. The van der Waals surface area contributed by atoms with E-state index < -0.39 is 0 Å². The van der Waals surface area contributed by atoms with E-state index >= 15 is 0 Å². The van der Waals surface area contributed by atoms with E-state index in [4.69, 9.17) is 0 Å². The van der Waals surface area contributed by atoms with Crippen LogP contribution in [0, 0.1) is 6.92 Å². The van der Waals surface area contributed by atoms with Gasteiger partial charge >= 0.3 is 6.03 Å². The van der Waals surface area contributed by atoms with E-state index in [9.17, 15) is 4.79 Å². The summed E-state index contributed by atoms with van der Waals surface area (Å²) in [6, 6.07) is -0.0425. The number of hydrogen-bond donors (Lipinski definition) is 2. The first-order valence-corrected chi connectivity index (χ1v) is 8.08. The maximum absolute atomic E-state index is 12.4. The third kappa shape index (κ3) is 3.09. The Morgan fingerprint density at radius 3 is 3.00 bits per heavy atom. The third-order valence-electron chi connectivity index (χ3n) is 3.76. The fraction of sp³-hybridized carbons (Fsp3) is 0.538. The largest absolute Gasteiger partial charge is 0.347 e. The molecular formula is C13H19N7OS. The predicted octanol–water partition coefficient (Wildman–Crippen LogP) is 1.48. The van der Waals surface area contributed by atoms with E-state index in [0.717, 1.165) is 23.9 Å². The molecule has 1 atom stereocenters. The molecule has 0 saturated carbocycles. The molecule has 1 saturated heterocycles. The molecule has 0 spiro atoms. The number of aryl methyl sites for hydroxylation is 1. The minimum absolute atomic E-state index is 0.0932. The minimum atomic E-state index is -0.136. The van der Waals surface area contributed by atoms with Gasteiger partial charge in [0.15, 0.2) is 0 Å². The number of aromatic nitrogens is 4. The Bertz CT molecular complexity index is 626. The summed E-state index contributed by atoms with van der Waals surface area (Å²) >= 11 is 1.37. The highest BCUT2D eigenvalue weighted by molar-refractivity contribution is 7.15. The Morgan fingerprint density at radius 2 is 2.36 bits per heavy atom. The molecule has 0 aromatic carbocycles. The van der Waals surface area contributed by atoms with Crippen LogP contribution < -0.4 is 5.32 Å².